The number of amides is 2. The Balaban J connectivity index is 1.42. The number of nitrogens with zero attached hydrogens (tertiary/aromatic N) is 4. The van der Waals surface area contributed by atoms with E-state index in [-0.39, 0.29) is 35.5 Å². The van der Waals surface area contributed by atoms with E-state index in [0.29, 0.717) is 41.0 Å². The number of piperidine rings is 1. The minimum Gasteiger partial charge on any atom is -0.354 e. The molecule has 0 spiro atoms. The van der Waals surface area contributed by atoms with Gasteiger partial charge in [-0.2, -0.15) is 5.10 Å². The molecule has 1 saturated heterocycles. The molecule has 2 N–H and O–H groups in total. The van der Waals surface area contributed by atoms with Crippen molar-refractivity contribution in [3.8, 4) is 11.1 Å². The Hall–Kier alpha value is -3.62. The Bertz CT molecular complexity index is 1460. The third kappa shape index (κ3) is 5.76. The van der Waals surface area contributed by atoms with Gasteiger partial charge in [-0.25, -0.2) is 9.97 Å². The number of nitrogens with one attached hydrogen (secondary N) is 2. The quantitative estimate of drug-likeness (QED) is 0.232. The first-order chi connectivity index (χ1) is 19.6. The molecule has 1 saturated carbocycles. The highest BCUT2D eigenvalue weighted by molar-refractivity contribution is 6.09. The van der Waals surface area contributed by atoms with E-state index < -0.39 is 6.04 Å². The molecule has 3 heterocycles. The molecule has 218 valence electrons. The molecular formula is C32H42N6O3. The fourth-order valence-corrected chi connectivity index (χ4v) is 6.49. The summed E-state index contributed by atoms with van der Waals surface area (Å²) in [6.07, 6.45) is 12.1. The number of rotatable bonds is 12. The molecule has 41 heavy (non-hydrogen) atoms. The van der Waals surface area contributed by atoms with E-state index in [4.69, 9.17) is 0 Å². The van der Waals surface area contributed by atoms with Gasteiger partial charge in [0, 0.05) is 42.9 Å². The minimum absolute atomic E-state index is 0.0196. The summed E-state index contributed by atoms with van der Waals surface area (Å²) in [6.45, 7) is 10.3. The predicted octanol–water partition coefficient (Wildman–Crippen LogP) is 5.24. The first kappa shape index (κ1) is 28.9. The van der Waals surface area contributed by atoms with E-state index in [2.05, 4.69) is 39.3 Å². The molecule has 1 aliphatic heterocycles. The molecule has 2 aliphatic rings. The van der Waals surface area contributed by atoms with Gasteiger partial charge in [-0.15, -0.1) is 0 Å². The second-order valence-electron chi connectivity index (χ2n) is 12.2. The summed E-state index contributed by atoms with van der Waals surface area (Å²) >= 11 is 0. The lowest BCUT2D eigenvalue weighted by Gasteiger charge is -2.27. The Kier molecular flexibility index (Phi) is 8.25. The maximum atomic E-state index is 14.2. The molecule has 5 rings (SSSR count). The lowest BCUT2D eigenvalue weighted by Crippen LogP contribution is -2.48. The minimum atomic E-state index is -0.477. The molecule has 0 unspecified atom stereocenters. The Morgan fingerprint density at radius 3 is 2.49 bits per heavy atom. The third-order valence-electron chi connectivity index (χ3n) is 8.96. The highest BCUT2D eigenvalue weighted by Gasteiger charge is 2.64. The first-order valence-electron chi connectivity index (χ1n) is 15.0. The third-order valence-corrected chi connectivity index (χ3v) is 8.96. The Labute approximate surface area is 241 Å². The van der Waals surface area contributed by atoms with Crippen LogP contribution in [0.4, 0.5) is 0 Å². The summed E-state index contributed by atoms with van der Waals surface area (Å²) in [6, 6.07) is 1.57. The maximum Gasteiger partial charge on any atom is 0.242 e. The van der Waals surface area contributed by atoms with Crippen molar-refractivity contribution >= 4 is 28.5 Å². The summed E-state index contributed by atoms with van der Waals surface area (Å²) in [5, 5.41) is 11.1. The average molecular weight is 559 g/mol. The van der Waals surface area contributed by atoms with Crippen molar-refractivity contribution in [2.24, 2.45) is 5.41 Å². The number of H-pyrrole nitrogens is 1. The van der Waals surface area contributed by atoms with Gasteiger partial charge in [-0.3, -0.25) is 19.5 Å². The van der Waals surface area contributed by atoms with Gasteiger partial charge in [0.05, 0.1) is 11.9 Å². The van der Waals surface area contributed by atoms with E-state index >= 15 is 0 Å². The van der Waals surface area contributed by atoms with Crippen molar-refractivity contribution < 1.29 is 14.4 Å². The summed E-state index contributed by atoms with van der Waals surface area (Å²) in [4.78, 5) is 50.7. The van der Waals surface area contributed by atoms with Crippen molar-refractivity contribution in [1.29, 1.82) is 0 Å². The van der Waals surface area contributed by atoms with Gasteiger partial charge in [0.2, 0.25) is 11.8 Å². The molecule has 0 radical (unpaired) electrons. The highest BCUT2D eigenvalue weighted by atomic mass is 16.2. The van der Waals surface area contributed by atoms with Crippen LogP contribution in [0.5, 0.6) is 0 Å². The van der Waals surface area contributed by atoms with Crippen LogP contribution in [0, 0.1) is 19.3 Å². The van der Waals surface area contributed by atoms with Crippen LogP contribution in [0.3, 0.4) is 0 Å². The second kappa shape index (κ2) is 11.7. The zero-order chi connectivity index (χ0) is 29.3. The molecule has 1 aliphatic carbocycles. The number of aromatic amines is 1. The molecule has 2 fully saturated rings. The number of aryl methyl sites for hydroxylation is 2. The lowest BCUT2D eigenvalue weighted by molar-refractivity contribution is -0.139. The Morgan fingerprint density at radius 2 is 1.78 bits per heavy atom. The summed E-state index contributed by atoms with van der Waals surface area (Å²) < 4.78 is 0. The van der Waals surface area contributed by atoms with Crippen molar-refractivity contribution in [1.82, 2.24) is 30.4 Å². The van der Waals surface area contributed by atoms with Gasteiger partial charge in [-0.05, 0) is 61.3 Å². The van der Waals surface area contributed by atoms with Crippen LogP contribution >= 0.6 is 0 Å². The van der Waals surface area contributed by atoms with E-state index in [1.807, 2.05) is 24.8 Å². The number of hydrogen-bond acceptors (Lipinski definition) is 6. The van der Waals surface area contributed by atoms with Crippen LogP contribution in [-0.4, -0.2) is 61.3 Å². The van der Waals surface area contributed by atoms with Crippen LogP contribution in [0.1, 0.15) is 99.6 Å². The molecule has 3 atom stereocenters. The van der Waals surface area contributed by atoms with Crippen molar-refractivity contribution in [2.45, 2.75) is 104 Å². The molecule has 9 nitrogen and oxygen atoms in total. The SMILES string of the molecule is CCCCCCCCNC(=O)[C@@H]1C[C@@]2(C)C[C@H]2N1C(=O)Cc1c(-c2cnc(C)nc2)cc(C)c2n[nH]c(C(C)=O)c12. The molecule has 9 heteroatoms. The molecule has 2 amide bonds. The number of benzene rings is 1. The van der Waals surface area contributed by atoms with E-state index in [1.54, 1.807) is 12.4 Å². The number of aromatic nitrogens is 4. The first-order valence-corrected chi connectivity index (χ1v) is 15.0. The molecule has 1 aromatic carbocycles. The molecule has 0 bridgehead atoms. The van der Waals surface area contributed by atoms with Crippen LogP contribution in [0.25, 0.3) is 22.0 Å². The number of unbranched alkanes of at least 4 members (excludes halogenated alkanes) is 5. The smallest absolute Gasteiger partial charge is 0.242 e. The highest BCUT2D eigenvalue weighted by Crippen LogP contribution is 2.59. The largest absolute Gasteiger partial charge is 0.354 e. The topological polar surface area (TPSA) is 121 Å². The van der Waals surface area contributed by atoms with Gasteiger partial charge in [0.25, 0.3) is 0 Å². The molecular weight excluding hydrogens is 516 g/mol. The van der Waals surface area contributed by atoms with Crippen LogP contribution in [0.2, 0.25) is 0 Å². The monoisotopic (exact) mass is 558 g/mol. The van der Waals surface area contributed by atoms with Gasteiger partial charge in [0.15, 0.2) is 5.78 Å². The van der Waals surface area contributed by atoms with Crippen molar-refractivity contribution in [3.63, 3.8) is 0 Å². The number of carbonyl (C=O) groups excluding carboxylic acids is 3. The normalized spacial score (nSPS) is 21.2. The number of ketones is 1. The second-order valence-corrected chi connectivity index (χ2v) is 12.2. The standard InChI is InChI=1S/C32H42N6O3/c1-6-7-8-9-10-11-12-33-31(41)25-15-32(5)16-26(32)38(25)27(40)14-24-23(22-17-34-21(4)35-18-22)13-19(2)29-28(24)30(20(3)39)37-36-29/h13,17-18,25-26H,6-12,14-16H2,1-5H3,(H,33,41)(H,36,37)/t25-,26+,32-/m0/s1. The summed E-state index contributed by atoms with van der Waals surface area (Å²) in [7, 11) is 0. The van der Waals surface area contributed by atoms with Gasteiger partial charge in [-0.1, -0.05) is 46.0 Å². The predicted molar refractivity (Wildman–Crippen MR) is 158 cm³/mol. The van der Waals surface area contributed by atoms with Crippen LogP contribution in [-0.2, 0) is 16.0 Å². The fourth-order valence-electron chi connectivity index (χ4n) is 6.49. The molecule has 2 aromatic heterocycles. The van der Waals surface area contributed by atoms with E-state index in [1.165, 1.54) is 32.6 Å². The summed E-state index contributed by atoms with van der Waals surface area (Å²) in [5.41, 5.74) is 4.20. The number of Topliss-reactive ketones (excluding diaryl/α,β-unsaturated/α-hetero) is 1. The Morgan fingerprint density at radius 1 is 1.07 bits per heavy atom. The van der Waals surface area contributed by atoms with Crippen molar-refractivity contribution in [3.05, 3.63) is 41.1 Å². The van der Waals surface area contributed by atoms with Gasteiger partial charge < -0.3 is 10.2 Å². The van der Waals surface area contributed by atoms with Crippen LogP contribution in [0.15, 0.2) is 18.5 Å². The molecule has 3 aromatic rings. The summed E-state index contributed by atoms with van der Waals surface area (Å²) in [5.74, 6) is 0.331. The maximum absolute atomic E-state index is 14.2. The van der Waals surface area contributed by atoms with E-state index in [0.717, 1.165) is 36.0 Å². The number of likely N-dealkylation sites (tertiary alicyclic amines) is 1. The zero-order valence-corrected chi connectivity index (χ0v) is 25.0. The van der Waals surface area contributed by atoms with Crippen molar-refractivity contribution in [2.75, 3.05) is 6.54 Å². The van der Waals surface area contributed by atoms with Gasteiger partial charge >= 0.3 is 0 Å². The average Bonchev–Trinajstić information content (AvgIpc) is 3.26. The number of fused-ring (bicyclic) bond motifs is 2. The fraction of sp³-hybridized carbons (Fsp3) is 0.562. The van der Waals surface area contributed by atoms with Gasteiger partial charge in [0.1, 0.15) is 17.6 Å². The lowest BCUT2D eigenvalue weighted by atomic mass is 9.91. The number of hydrogen-bond donors (Lipinski definition) is 2. The van der Waals surface area contributed by atoms with Crippen LogP contribution < -0.4 is 5.32 Å². The van der Waals surface area contributed by atoms with E-state index in [9.17, 15) is 14.4 Å². The zero-order valence-electron chi connectivity index (χ0n) is 25.0. The number of carbonyl (C=O) groups is 3.